The number of rotatable bonds is 7. The highest BCUT2D eigenvalue weighted by Crippen LogP contribution is 2.20. The molecule has 0 heterocycles. The molecule has 0 radical (unpaired) electrons. The molecule has 1 aromatic carbocycles. The Balaban J connectivity index is 2.61. The smallest absolute Gasteiger partial charge is 0.307 e. The van der Waals surface area contributed by atoms with Crippen molar-refractivity contribution < 1.29 is 14.3 Å². The Morgan fingerprint density at radius 3 is 2.83 bits per heavy atom. The molecule has 4 heteroatoms. The van der Waals surface area contributed by atoms with Gasteiger partial charge in [0.2, 0.25) is 0 Å². The van der Waals surface area contributed by atoms with Crippen LogP contribution < -0.4 is 10.5 Å². The number of hydrogen-bond donors (Lipinski definition) is 1. The second-order valence-corrected chi connectivity index (χ2v) is 4.04. The maximum absolute atomic E-state index is 11.4. The highest BCUT2D eigenvalue weighted by Gasteiger charge is 2.12. The van der Waals surface area contributed by atoms with Gasteiger partial charge in [0, 0.05) is 6.04 Å². The Labute approximate surface area is 108 Å². The SMILES string of the molecule is CCCOc1cccc([C@@H](N)CC(=O)OCC)c1. The predicted octanol–water partition coefficient (Wildman–Crippen LogP) is 2.43. The minimum absolute atomic E-state index is 0.186. The van der Waals surface area contributed by atoms with Gasteiger partial charge in [-0.25, -0.2) is 0 Å². The quantitative estimate of drug-likeness (QED) is 0.756. The molecule has 0 spiro atoms. The van der Waals surface area contributed by atoms with Crippen molar-refractivity contribution in [3.63, 3.8) is 0 Å². The number of ether oxygens (including phenoxy) is 2. The maximum atomic E-state index is 11.4. The van der Waals surface area contributed by atoms with Crippen LogP contribution in [0.25, 0.3) is 0 Å². The van der Waals surface area contributed by atoms with Gasteiger partial charge in [0.15, 0.2) is 0 Å². The van der Waals surface area contributed by atoms with Crippen LogP contribution in [-0.4, -0.2) is 19.2 Å². The molecule has 0 bridgehead atoms. The molecule has 0 saturated heterocycles. The van der Waals surface area contributed by atoms with Crippen LogP contribution in [0.5, 0.6) is 5.75 Å². The van der Waals surface area contributed by atoms with Crippen molar-refractivity contribution in [2.24, 2.45) is 5.73 Å². The Kier molecular flexibility index (Phi) is 6.22. The normalized spacial score (nSPS) is 11.9. The predicted molar refractivity (Wildman–Crippen MR) is 70.4 cm³/mol. The first-order chi connectivity index (χ1) is 8.67. The molecule has 0 aliphatic heterocycles. The summed E-state index contributed by atoms with van der Waals surface area (Å²) in [4.78, 5) is 11.4. The van der Waals surface area contributed by atoms with Crippen LogP contribution in [-0.2, 0) is 9.53 Å². The molecule has 0 aliphatic rings. The Morgan fingerprint density at radius 2 is 2.17 bits per heavy atom. The van der Waals surface area contributed by atoms with Crippen molar-refractivity contribution in [2.45, 2.75) is 32.7 Å². The largest absolute Gasteiger partial charge is 0.494 e. The van der Waals surface area contributed by atoms with Crippen LogP contribution in [0.4, 0.5) is 0 Å². The van der Waals surface area contributed by atoms with Crippen molar-refractivity contribution in [1.82, 2.24) is 0 Å². The van der Waals surface area contributed by atoms with Crippen LogP contribution in [0, 0.1) is 0 Å². The van der Waals surface area contributed by atoms with Gasteiger partial charge in [-0.2, -0.15) is 0 Å². The van der Waals surface area contributed by atoms with E-state index in [4.69, 9.17) is 15.2 Å². The van der Waals surface area contributed by atoms with Crippen LogP contribution in [0.1, 0.15) is 38.3 Å². The van der Waals surface area contributed by atoms with Gasteiger partial charge in [0.25, 0.3) is 0 Å². The molecule has 100 valence electrons. The minimum atomic E-state index is -0.353. The molecular weight excluding hydrogens is 230 g/mol. The van der Waals surface area contributed by atoms with Gasteiger partial charge in [-0.05, 0) is 31.0 Å². The van der Waals surface area contributed by atoms with Crippen LogP contribution in [0.2, 0.25) is 0 Å². The van der Waals surface area contributed by atoms with Gasteiger partial charge in [-0.3, -0.25) is 4.79 Å². The van der Waals surface area contributed by atoms with Gasteiger partial charge >= 0.3 is 5.97 Å². The average molecular weight is 251 g/mol. The molecule has 0 saturated carbocycles. The van der Waals surface area contributed by atoms with Gasteiger partial charge in [0.1, 0.15) is 5.75 Å². The summed E-state index contributed by atoms with van der Waals surface area (Å²) in [5.74, 6) is 0.513. The number of carbonyl (C=O) groups is 1. The van der Waals surface area contributed by atoms with E-state index in [-0.39, 0.29) is 18.4 Å². The molecule has 0 aliphatic carbocycles. The molecule has 0 fully saturated rings. The van der Waals surface area contributed by atoms with Crippen molar-refractivity contribution in [2.75, 3.05) is 13.2 Å². The number of carbonyl (C=O) groups excluding carboxylic acids is 1. The molecule has 1 atom stereocenters. The van der Waals surface area contributed by atoms with Gasteiger partial charge < -0.3 is 15.2 Å². The monoisotopic (exact) mass is 251 g/mol. The van der Waals surface area contributed by atoms with E-state index in [9.17, 15) is 4.79 Å². The highest BCUT2D eigenvalue weighted by molar-refractivity contribution is 5.70. The third kappa shape index (κ3) is 4.75. The third-order valence-corrected chi connectivity index (χ3v) is 2.45. The lowest BCUT2D eigenvalue weighted by atomic mass is 10.0. The second kappa shape index (κ2) is 7.71. The van der Waals surface area contributed by atoms with Gasteiger partial charge in [-0.1, -0.05) is 19.1 Å². The number of esters is 1. The van der Waals surface area contributed by atoms with E-state index in [1.807, 2.05) is 24.3 Å². The molecule has 4 nitrogen and oxygen atoms in total. The van der Waals surface area contributed by atoms with Crippen LogP contribution in [0.15, 0.2) is 24.3 Å². The molecule has 1 rings (SSSR count). The summed E-state index contributed by atoms with van der Waals surface area (Å²) < 4.78 is 10.4. The number of hydrogen-bond acceptors (Lipinski definition) is 4. The minimum Gasteiger partial charge on any atom is -0.494 e. The molecular formula is C14H21NO3. The van der Waals surface area contributed by atoms with E-state index in [0.29, 0.717) is 13.2 Å². The lowest BCUT2D eigenvalue weighted by Gasteiger charge is -2.13. The molecule has 0 amide bonds. The summed E-state index contributed by atoms with van der Waals surface area (Å²) >= 11 is 0. The van der Waals surface area contributed by atoms with E-state index in [1.54, 1.807) is 6.92 Å². The maximum Gasteiger partial charge on any atom is 0.307 e. The van der Waals surface area contributed by atoms with Crippen molar-refractivity contribution in [1.29, 1.82) is 0 Å². The van der Waals surface area contributed by atoms with Crippen molar-refractivity contribution in [3.05, 3.63) is 29.8 Å². The summed E-state index contributed by atoms with van der Waals surface area (Å²) in [6.45, 7) is 4.89. The summed E-state index contributed by atoms with van der Waals surface area (Å²) in [6.07, 6.45) is 1.14. The third-order valence-electron chi connectivity index (χ3n) is 2.45. The molecule has 2 N–H and O–H groups in total. The topological polar surface area (TPSA) is 61.5 Å². The number of benzene rings is 1. The van der Waals surface area contributed by atoms with E-state index >= 15 is 0 Å². The standard InChI is InChI=1S/C14H21NO3/c1-3-8-18-12-7-5-6-11(9-12)13(15)10-14(16)17-4-2/h5-7,9,13H,3-4,8,10,15H2,1-2H3/t13-/m0/s1. The first-order valence-electron chi connectivity index (χ1n) is 6.31. The lowest BCUT2D eigenvalue weighted by molar-refractivity contribution is -0.143. The zero-order valence-electron chi connectivity index (χ0n) is 11.0. The van der Waals surface area contributed by atoms with E-state index in [2.05, 4.69) is 6.92 Å². The van der Waals surface area contributed by atoms with E-state index in [1.165, 1.54) is 0 Å². The van der Waals surface area contributed by atoms with E-state index < -0.39 is 0 Å². The lowest BCUT2D eigenvalue weighted by Crippen LogP contribution is -2.17. The summed E-state index contributed by atoms with van der Waals surface area (Å²) in [5, 5.41) is 0. The summed E-state index contributed by atoms with van der Waals surface area (Å²) in [5.41, 5.74) is 6.85. The van der Waals surface area contributed by atoms with Crippen LogP contribution in [0.3, 0.4) is 0 Å². The number of nitrogens with two attached hydrogens (primary N) is 1. The van der Waals surface area contributed by atoms with Crippen molar-refractivity contribution >= 4 is 5.97 Å². The molecule has 1 aromatic rings. The van der Waals surface area contributed by atoms with Gasteiger partial charge in [-0.15, -0.1) is 0 Å². The van der Waals surface area contributed by atoms with Crippen molar-refractivity contribution in [3.8, 4) is 5.75 Å². The summed E-state index contributed by atoms with van der Waals surface area (Å²) in [6, 6.07) is 7.18. The van der Waals surface area contributed by atoms with Crippen LogP contribution >= 0.6 is 0 Å². The summed E-state index contributed by atoms with van der Waals surface area (Å²) in [7, 11) is 0. The fourth-order valence-electron chi connectivity index (χ4n) is 1.57. The first kappa shape index (κ1) is 14.5. The zero-order valence-corrected chi connectivity index (χ0v) is 11.0. The molecule has 0 unspecified atom stereocenters. The zero-order chi connectivity index (χ0) is 13.4. The van der Waals surface area contributed by atoms with Gasteiger partial charge in [0.05, 0.1) is 19.6 Å². The first-order valence-corrected chi connectivity index (χ1v) is 6.31. The second-order valence-electron chi connectivity index (χ2n) is 4.04. The van der Waals surface area contributed by atoms with E-state index in [0.717, 1.165) is 17.7 Å². The Bertz CT molecular complexity index is 379. The molecule has 0 aromatic heterocycles. The highest BCUT2D eigenvalue weighted by atomic mass is 16.5. The Hall–Kier alpha value is -1.55. The average Bonchev–Trinajstić information content (AvgIpc) is 2.37. The molecule has 18 heavy (non-hydrogen) atoms. The Morgan fingerprint density at radius 1 is 1.39 bits per heavy atom. The fourth-order valence-corrected chi connectivity index (χ4v) is 1.57. The fraction of sp³-hybridized carbons (Fsp3) is 0.500.